The van der Waals surface area contributed by atoms with E-state index in [-0.39, 0.29) is 24.3 Å². The maximum atomic E-state index is 12.6. The molecule has 1 amide bonds. The number of hydrogen-bond donors (Lipinski definition) is 1. The summed E-state index contributed by atoms with van der Waals surface area (Å²) in [5, 5.41) is 11.5. The maximum absolute atomic E-state index is 12.6. The fraction of sp³-hybridized carbons (Fsp3) is 0.600. The van der Waals surface area contributed by atoms with Gasteiger partial charge in [-0.1, -0.05) is 0 Å². The number of amides is 1. The first-order valence-electron chi connectivity index (χ1n) is 7.58. The van der Waals surface area contributed by atoms with Crippen LogP contribution in [0.4, 0.5) is 0 Å². The highest BCUT2D eigenvalue weighted by Gasteiger charge is 2.33. The third-order valence-electron chi connectivity index (χ3n) is 3.87. The van der Waals surface area contributed by atoms with Gasteiger partial charge >= 0.3 is 0 Å². The summed E-state index contributed by atoms with van der Waals surface area (Å²) >= 11 is 1.25. The average molecular weight is 355 g/mol. The number of aryl methyl sites for hydroxylation is 1. The second-order valence-corrected chi connectivity index (χ2v) is 9.30. The Bertz CT molecular complexity index is 706. The van der Waals surface area contributed by atoms with E-state index in [9.17, 15) is 13.2 Å². The fourth-order valence-corrected chi connectivity index (χ4v) is 5.46. The molecular weight excluding hydrogens is 334 g/mol. The molecule has 23 heavy (non-hydrogen) atoms. The molecule has 0 bridgehead atoms. The van der Waals surface area contributed by atoms with Gasteiger partial charge in [0.1, 0.15) is 4.21 Å². The fourth-order valence-electron chi connectivity index (χ4n) is 2.50. The summed E-state index contributed by atoms with van der Waals surface area (Å²) in [6, 6.07) is 5.47. The number of sulfonamides is 1. The molecule has 2 rings (SSSR count). The Morgan fingerprint density at radius 3 is 2.91 bits per heavy atom. The summed E-state index contributed by atoms with van der Waals surface area (Å²) < 4.78 is 27.0. The Morgan fingerprint density at radius 2 is 2.30 bits per heavy atom. The van der Waals surface area contributed by atoms with Crippen molar-refractivity contribution in [2.24, 2.45) is 11.8 Å². The summed E-state index contributed by atoms with van der Waals surface area (Å²) in [7, 11) is -3.52. The normalized spacial score (nSPS) is 20.7. The quantitative estimate of drug-likeness (QED) is 0.871. The second kappa shape index (κ2) is 7.43. The first kappa shape index (κ1) is 17.9. The Labute approximate surface area is 141 Å². The lowest BCUT2D eigenvalue weighted by Gasteiger charge is -2.30. The number of piperidine rings is 1. The molecule has 0 saturated carbocycles. The van der Waals surface area contributed by atoms with Crippen LogP contribution in [-0.4, -0.2) is 38.3 Å². The van der Waals surface area contributed by atoms with Crippen molar-refractivity contribution in [3.05, 3.63) is 17.0 Å². The zero-order valence-corrected chi connectivity index (χ0v) is 14.9. The first-order valence-corrected chi connectivity index (χ1v) is 9.84. The van der Waals surface area contributed by atoms with Crippen LogP contribution in [0, 0.1) is 30.1 Å². The van der Waals surface area contributed by atoms with Gasteiger partial charge in [0.15, 0.2) is 0 Å². The Kier molecular flexibility index (Phi) is 5.79. The van der Waals surface area contributed by atoms with Crippen molar-refractivity contribution >= 4 is 27.3 Å². The first-order chi connectivity index (χ1) is 10.8. The monoisotopic (exact) mass is 355 g/mol. The molecule has 1 aromatic heterocycles. The SMILES string of the molecule is Cc1ccc(S(=O)(=O)N2CCCC(C(=O)NCC(C)C#N)C2)s1. The molecule has 1 aliphatic heterocycles. The van der Waals surface area contributed by atoms with Crippen molar-refractivity contribution in [3.63, 3.8) is 0 Å². The average Bonchev–Trinajstić information content (AvgIpc) is 2.99. The van der Waals surface area contributed by atoms with E-state index >= 15 is 0 Å². The maximum Gasteiger partial charge on any atom is 0.252 e. The van der Waals surface area contributed by atoms with Gasteiger partial charge in [-0.2, -0.15) is 9.57 Å². The number of nitrogens with one attached hydrogen (secondary N) is 1. The van der Waals surface area contributed by atoms with Crippen LogP contribution in [0.2, 0.25) is 0 Å². The van der Waals surface area contributed by atoms with Crippen LogP contribution in [0.3, 0.4) is 0 Å². The van der Waals surface area contributed by atoms with E-state index in [2.05, 4.69) is 11.4 Å². The van der Waals surface area contributed by atoms with Crippen LogP contribution in [0.5, 0.6) is 0 Å². The number of carbonyl (C=O) groups excluding carboxylic acids is 1. The molecule has 0 spiro atoms. The van der Waals surface area contributed by atoms with Crippen LogP contribution in [0.25, 0.3) is 0 Å². The Balaban J connectivity index is 2.03. The molecule has 1 aliphatic rings. The summed E-state index contributed by atoms with van der Waals surface area (Å²) in [6.45, 7) is 4.54. The summed E-state index contributed by atoms with van der Waals surface area (Å²) in [5.74, 6) is -0.781. The molecule has 1 fully saturated rings. The number of thiophene rings is 1. The van der Waals surface area contributed by atoms with E-state index in [1.54, 1.807) is 19.1 Å². The number of carbonyl (C=O) groups is 1. The van der Waals surface area contributed by atoms with Gasteiger partial charge in [0.2, 0.25) is 5.91 Å². The van der Waals surface area contributed by atoms with E-state index in [0.717, 1.165) is 4.88 Å². The van der Waals surface area contributed by atoms with E-state index in [4.69, 9.17) is 5.26 Å². The Morgan fingerprint density at radius 1 is 1.57 bits per heavy atom. The molecule has 1 saturated heterocycles. The molecule has 0 radical (unpaired) electrons. The highest BCUT2D eigenvalue weighted by atomic mass is 32.2. The predicted molar refractivity (Wildman–Crippen MR) is 88.3 cm³/mol. The van der Waals surface area contributed by atoms with Gasteiger partial charge in [-0.15, -0.1) is 11.3 Å². The standard InChI is InChI=1S/C15H21N3O3S2/c1-11(8-16)9-17-15(19)13-4-3-7-18(10-13)23(20,21)14-6-5-12(2)22-14/h5-6,11,13H,3-4,7,9-10H2,1-2H3,(H,17,19). The summed E-state index contributed by atoms with van der Waals surface area (Å²) in [5.41, 5.74) is 0. The smallest absolute Gasteiger partial charge is 0.252 e. The molecule has 1 aromatic rings. The number of nitrogens with zero attached hydrogens (tertiary/aromatic N) is 2. The van der Waals surface area contributed by atoms with Gasteiger partial charge < -0.3 is 5.32 Å². The summed E-state index contributed by atoms with van der Waals surface area (Å²) in [6.07, 6.45) is 1.33. The zero-order valence-electron chi connectivity index (χ0n) is 13.3. The van der Waals surface area contributed by atoms with Gasteiger partial charge in [0.25, 0.3) is 10.0 Å². The van der Waals surface area contributed by atoms with Crippen molar-refractivity contribution in [1.29, 1.82) is 5.26 Å². The lowest BCUT2D eigenvalue weighted by molar-refractivity contribution is -0.126. The zero-order chi connectivity index (χ0) is 17.0. The molecule has 2 heterocycles. The number of hydrogen-bond acceptors (Lipinski definition) is 5. The largest absolute Gasteiger partial charge is 0.355 e. The minimum atomic E-state index is -3.52. The molecule has 0 aliphatic carbocycles. The van der Waals surface area contributed by atoms with Crippen LogP contribution in [0.15, 0.2) is 16.3 Å². The Hall–Kier alpha value is -1.43. The molecular formula is C15H21N3O3S2. The minimum Gasteiger partial charge on any atom is -0.355 e. The predicted octanol–water partition coefficient (Wildman–Crippen LogP) is 1.73. The van der Waals surface area contributed by atoms with Crippen LogP contribution >= 0.6 is 11.3 Å². The van der Waals surface area contributed by atoms with Gasteiger partial charge in [-0.05, 0) is 38.8 Å². The molecule has 2 atom stereocenters. The van der Waals surface area contributed by atoms with Crippen molar-refractivity contribution in [3.8, 4) is 6.07 Å². The van der Waals surface area contributed by atoms with Crippen molar-refractivity contribution in [2.45, 2.75) is 30.9 Å². The van der Waals surface area contributed by atoms with E-state index in [1.807, 2.05) is 6.92 Å². The van der Waals surface area contributed by atoms with Crippen molar-refractivity contribution < 1.29 is 13.2 Å². The van der Waals surface area contributed by atoms with E-state index in [0.29, 0.717) is 30.1 Å². The van der Waals surface area contributed by atoms with Crippen LogP contribution in [-0.2, 0) is 14.8 Å². The molecule has 0 aromatic carbocycles. The third-order valence-corrected chi connectivity index (χ3v) is 7.20. The topological polar surface area (TPSA) is 90.3 Å². The highest BCUT2D eigenvalue weighted by molar-refractivity contribution is 7.91. The molecule has 126 valence electrons. The van der Waals surface area contributed by atoms with Gasteiger partial charge in [-0.25, -0.2) is 8.42 Å². The molecule has 8 heteroatoms. The van der Waals surface area contributed by atoms with E-state index < -0.39 is 10.0 Å². The lowest BCUT2D eigenvalue weighted by Crippen LogP contribution is -2.45. The molecule has 6 nitrogen and oxygen atoms in total. The van der Waals surface area contributed by atoms with Crippen LogP contribution < -0.4 is 5.32 Å². The third kappa shape index (κ3) is 4.31. The van der Waals surface area contributed by atoms with Gasteiger partial charge in [0, 0.05) is 24.5 Å². The number of rotatable bonds is 5. The minimum absolute atomic E-state index is 0.172. The summed E-state index contributed by atoms with van der Waals surface area (Å²) in [4.78, 5) is 13.1. The lowest BCUT2D eigenvalue weighted by atomic mass is 9.98. The van der Waals surface area contributed by atoms with E-state index in [1.165, 1.54) is 15.6 Å². The van der Waals surface area contributed by atoms with Gasteiger partial charge in [0.05, 0.1) is 17.9 Å². The van der Waals surface area contributed by atoms with Gasteiger partial charge in [-0.3, -0.25) is 4.79 Å². The van der Waals surface area contributed by atoms with Crippen molar-refractivity contribution in [2.75, 3.05) is 19.6 Å². The highest BCUT2D eigenvalue weighted by Crippen LogP contribution is 2.28. The molecule has 2 unspecified atom stereocenters. The number of nitriles is 1. The second-order valence-electron chi connectivity index (χ2n) is 5.84. The van der Waals surface area contributed by atoms with Crippen LogP contribution in [0.1, 0.15) is 24.6 Å². The van der Waals surface area contributed by atoms with Crippen molar-refractivity contribution in [1.82, 2.24) is 9.62 Å². The molecule has 1 N–H and O–H groups in total.